The zero-order valence-corrected chi connectivity index (χ0v) is 22.0. The maximum absolute atomic E-state index is 13.3. The highest BCUT2D eigenvalue weighted by Crippen LogP contribution is 2.37. The normalized spacial score (nSPS) is 16.0. The van der Waals surface area contributed by atoms with Crippen LogP contribution in [0.3, 0.4) is 0 Å². The zero-order valence-electron chi connectivity index (χ0n) is 21.2. The molecule has 1 atom stereocenters. The van der Waals surface area contributed by atoms with Crippen LogP contribution >= 0.6 is 11.6 Å². The molecule has 0 aliphatic carbocycles. The van der Waals surface area contributed by atoms with E-state index in [9.17, 15) is 35.9 Å². The van der Waals surface area contributed by atoms with Crippen molar-refractivity contribution in [2.45, 2.75) is 44.8 Å². The van der Waals surface area contributed by atoms with Gasteiger partial charge in [0.05, 0.1) is 16.8 Å². The van der Waals surface area contributed by atoms with Crippen LogP contribution in [0, 0.1) is 0 Å². The molecule has 1 heterocycles. The molecule has 7 nitrogen and oxygen atoms in total. The average Bonchev–Trinajstić information content (AvgIpc) is 2.82. The van der Waals surface area contributed by atoms with Gasteiger partial charge in [0.2, 0.25) is 0 Å². The van der Waals surface area contributed by atoms with E-state index in [2.05, 4.69) is 10.9 Å². The first-order valence-corrected chi connectivity index (χ1v) is 12.2. The van der Waals surface area contributed by atoms with Crippen LogP contribution in [0.25, 0.3) is 0 Å². The van der Waals surface area contributed by atoms with Gasteiger partial charge in [-0.2, -0.15) is 26.3 Å². The van der Waals surface area contributed by atoms with Gasteiger partial charge in [-0.3, -0.25) is 20.5 Å². The number of piperazine rings is 1. The summed E-state index contributed by atoms with van der Waals surface area (Å²) in [5, 5.41) is 0.227. The summed E-state index contributed by atoms with van der Waals surface area (Å²) in [5.74, 6) is -0.778. The lowest BCUT2D eigenvalue weighted by molar-refractivity contribution is -0.143. The van der Waals surface area contributed by atoms with Crippen LogP contribution in [0.1, 0.15) is 43.5 Å². The zero-order chi connectivity index (χ0) is 29.2. The van der Waals surface area contributed by atoms with Crippen molar-refractivity contribution in [1.82, 2.24) is 15.2 Å². The second-order valence-corrected chi connectivity index (χ2v) is 10.2. The van der Waals surface area contributed by atoms with Gasteiger partial charge in [0.15, 0.2) is 0 Å². The first-order valence-electron chi connectivity index (χ1n) is 11.8. The third-order valence-electron chi connectivity index (χ3n) is 5.70. The molecule has 0 spiro atoms. The number of rotatable bonds is 5. The minimum absolute atomic E-state index is 0.0102. The fraction of sp³-hybridized carbons (Fsp3) is 0.440. The largest absolute Gasteiger partial charge is 0.444 e. The van der Waals surface area contributed by atoms with Crippen LogP contribution in [-0.4, -0.2) is 53.6 Å². The monoisotopic (exact) mass is 580 g/mol. The van der Waals surface area contributed by atoms with Crippen LogP contribution < -0.4 is 10.9 Å². The van der Waals surface area contributed by atoms with Gasteiger partial charge in [-0.15, -0.1) is 0 Å². The lowest BCUT2D eigenvalue weighted by Gasteiger charge is -2.39. The Bertz CT molecular complexity index is 1160. The van der Waals surface area contributed by atoms with Gasteiger partial charge in [-0.25, -0.2) is 4.79 Å². The second kappa shape index (κ2) is 11.5. The Balaban J connectivity index is 1.82. The van der Waals surface area contributed by atoms with Crippen molar-refractivity contribution in [2.75, 3.05) is 31.6 Å². The Morgan fingerprint density at radius 2 is 1.44 bits per heavy atom. The Kier molecular flexibility index (Phi) is 8.95. The van der Waals surface area contributed by atoms with Crippen molar-refractivity contribution in [3.05, 3.63) is 64.2 Å². The average molecular weight is 581 g/mol. The maximum Gasteiger partial charge on any atom is 0.416 e. The lowest BCUT2D eigenvalue weighted by Crippen LogP contribution is -2.53. The smallest absolute Gasteiger partial charge is 0.416 e. The summed E-state index contributed by atoms with van der Waals surface area (Å²) in [6.07, 6.45) is -10.6. The Labute approximate surface area is 226 Å². The van der Waals surface area contributed by atoms with E-state index >= 15 is 0 Å². The summed E-state index contributed by atoms with van der Waals surface area (Å²) in [6.45, 7) is 6.03. The fourth-order valence-electron chi connectivity index (χ4n) is 3.92. The summed E-state index contributed by atoms with van der Waals surface area (Å²) in [5.41, 5.74) is 0.381. The quantitative estimate of drug-likeness (QED) is 0.330. The van der Waals surface area contributed by atoms with Crippen molar-refractivity contribution in [1.29, 1.82) is 0 Å². The van der Waals surface area contributed by atoms with Crippen LogP contribution in [-0.2, 0) is 21.9 Å². The lowest BCUT2D eigenvalue weighted by atomic mass is 10.0. The van der Waals surface area contributed by atoms with Crippen molar-refractivity contribution >= 4 is 29.3 Å². The number of carbonyl (C=O) groups excluding carboxylic acids is 2. The van der Waals surface area contributed by atoms with E-state index in [1.807, 2.05) is 0 Å². The number of nitrogens with one attached hydrogen (secondary N) is 2. The summed E-state index contributed by atoms with van der Waals surface area (Å²) in [7, 11) is 0. The molecule has 0 radical (unpaired) electrons. The molecule has 2 amide bonds. The molecule has 1 unspecified atom stereocenters. The topological polar surface area (TPSA) is 73.9 Å². The molecular weight excluding hydrogens is 554 g/mol. The predicted molar refractivity (Wildman–Crippen MR) is 132 cm³/mol. The maximum atomic E-state index is 13.3. The third-order valence-corrected chi connectivity index (χ3v) is 6.04. The highest BCUT2D eigenvalue weighted by Gasteiger charge is 2.38. The molecule has 39 heavy (non-hydrogen) atoms. The molecule has 1 aliphatic rings. The molecule has 2 aromatic carbocycles. The minimum Gasteiger partial charge on any atom is -0.444 e. The van der Waals surface area contributed by atoms with Crippen LogP contribution in [0.4, 0.5) is 36.8 Å². The van der Waals surface area contributed by atoms with Crippen molar-refractivity contribution in [3.63, 3.8) is 0 Å². The van der Waals surface area contributed by atoms with E-state index in [1.165, 1.54) is 4.90 Å². The Morgan fingerprint density at radius 1 is 0.897 bits per heavy atom. The van der Waals surface area contributed by atoms with E-state index in [1.54, 1.807) is 49.9 Å². The third kappa shape index (κ3) is 8.15. The molecule has 1 saturated heterocycles. The van der Waals surface area contributed by atoms with Crippen LogP contribution in [0.15, 0.2) is 42.5 Å². The second-order valence-electron chi connectivity index (χ2n) is 9.84. The number of hydrazine groups is 1. The van der Waals surface area contributed by atoms with E-state index in [0.29, 0.717) is 17.7 Å². The number of nitrogens with zero attached hydrogens (tertiary/aromatic N) is 2. The van der Waals surface area contributed by atoms with Gasteiger partial charge in [-0.05, 0) is 50.6 Å². The molecule has 0 aromatic heterocycles. The van der Waals surface area contributed by atoms with Crippen molar-refractivity contribution < 1.29 is 40.7 Å². The predicted octanol–water partition coefficient (Wildman–Crippen LogP) is 6.11. The number of alkyl halides is 6. The van der Waals surface area contributed by atoms with Gasteiger partial charge in [0.25, 0.3) is 5.91 Å². The van der Waals surface area contributed by atoms with Gasteiger partial charge >= 0.3 is 18.4 Å². The number of amides is 2. The van der Waals surface area contributed by atoms with E-state index in [4.69, 9.17) is 16.3 Å². The SMILES string of the molecule is CC(C)(C)OC(=O)N1CCN(C(C(=O)NNc2cc(C(F)(F)F)cc(C(F)(F)F)c2)c2ccccc2Cl)CC1. The molecule has 214 valence electrons. The van der Waals surface area contributed by atoms with Gasteiger partial charge in [-0.1, -0.05) is 29.8 Å². The number of ether oxygens (including phenoxy) is 1. The van der Waals surface area contributed by atoms with Crippen molar-refractivity contribution in [2.24, 2.45) is 0 Å². The number of halogens is 7. The number of hydrogen-bond acceptors (Lipinski definition) is 5. The van der Waals surface area contributed by atoms with Gasteiger partial charge < -0.3 is 9.64 Å². The highest BCUT2D eigenvalue weighted by atomic mass is 35.5. The summed E-state index contributed by atoms with van der Waals surface area (Å²) in [4.78, 5) is 28.9. The Hall–Kier alpha value is -3.19. The number of hydrogen-bond donors (Lipinski definition) is 2. The van der Waals surface area contributed by atoms with Crippen molar-refractivity contribution in [3.8, 4) is 0 Å². The summed E-state index contributed by atoms with van der Waals surface area (Å²) < 4.78 is 84.6. The number of carbonyl (C=O) groups is 2. The highest BCUT2D eigenvalue weighted by molar-refractivity contribution is 6.31. The van der Waals surface area contributed by atoms with E-state index in [0.717, 1.165) is 0 Å². The molecule has 3 rings (SSSR count). The molecule has 0 saturated carbocycles. The van der Waals surface area contributed by atoms with E-state index in [-0.39, 0.29) is 37.3 Å². The summed E-state index contributed by atoms with van der Waals surface area (Å²) >= 11 is 6.33. The number of anilines is 1. The fourth-order valence-corrected chi connectivity index (χ4v) is 4.16. The van der Waals surface area contributed by atoms with Crippen LogP contribution in [0.2, 0.25) is 5.02 Å². The van der Waals surface area contributed by atoms with E-state index < -0.39 is 52.8 Å². The summed E-state index contributed by atoms with van der Waals surface area (Å²) in [6, 6.07) is 6.24. The molecule has 2 aromatic rings. The molecule has 1 fully saturated rings. The first-order chi connectivity index (χ1) is 18.0. The van der Waals surface area contributed by atoms with Crippen LogP contribution in [0.5, 0.6) is 0 Å². The molecule has 2 N–H and O–H groups in total. The molecule has 1 aliphatic heterocycles. The van der Waals surface area contributed by atoms with Gasteiger partial charge in [0, 0.05) is 31.2 Å². The standard InChI is InChI=1S/C25H27ClF6N4O3/c1-23(2,3)39-22(38)36-10-8-35(9-11-36)20(18-6-4-5-7-19(18)26)21(37)34-33-17-13-15(24(27,28)29)12-16(14-17)25(30,31)32/h4-7,12-14,20,33H,8-11H2,1-3H3,(H,34,37). The van der Waals surface area contributed by atoms with Gasteiger partial charge in [0.1, 0.15) is 11.6 Å². The molecule has 0 bridgehead atoms. The first kappa shape index (κ1) is 30.4. The Morgan fingerprint density at radius 3 is 1.92 bits per heavy atom. The number of benzene rings is 2. The molecule has 14 heteroatoms. The molecular formula is C25H27ClF6N4O3. The minimum atomic E-state index is -5.05.